The molecule has 0 aliphatic heterocycles. The number of rotatable bonds is 6. The van der Waals surface area contributed by atoms with Gasteiger partial charge in [-0.25, -0.2) is 13.1 Å². The lowest BCUT2D eigenvalue weighted by Gasteiger charge is -2.08. The highest BCUT2D eigenvalue weighted by atomic mass is 35.5. The highest BCUT2D eigenvalue weighted by molar-refractivity contribution is 7.89. The predicted octanol–water partition coefficient (Wildman–Crippen LogP) is 1.80. The molecule has 0 radical (unpaired) electrons. The second-order valence-corrected chi connectivity index (χ2v) is 7.12. The van der Waals surface area contributed by atoms with Crippen molar-refractivity contribution < 1.29 is 13.2 Å². The summed E-state index contributed by atoms with van der Waals surface area (Å²) in [6.07, 6.45) is 1.83. The second-order valence-electron chi connectivity index (χ2n) is 4.54. The number of hydrogen-bond donors (Lipinski definition) is 2. The van der Waals surface area contributed by atoms with E-state index >= 15 is 0 Å². The van der Waals surface area contributed by atoms with Crippen molar-refractivity contribution >= 4 is 39.1 Å². The Bertz CT molecular complexity index is 615. The number of benzene rings is 1. The van der Waals surface area contributed by atoms with E-state index in [-0.39, 0.29) is 34.8 Å². The summed E-state index contributed by atoms with van der Waals surface area (Å²) in [4.78, 5) is 11.4. The fourth-order valence-electron chi connectivity index (χ4n) is 1.59. The molecule has 0 spiro atoms. The Morgan fingerprint density at radius 3 is 2.50 bits per heavy atom. The van der Waals surface area contributed by atoms with Gasteiger partial charge in [0, 0.05) is 19.0 Å². The van der Waals surface area contributed by atoms with Gasteiger partial charge in [-0.05, 0) is 31.0 Å². The Morgan fingerprint density at radius 2 is 1.90 bits per heavy atom. The molecule has 0 bridgehead atoms. The van der Waals surface area contributed by atoms with Crippen LogP contribution in [0.3, 0.4) is 0 Å². The van der Waals surface area contributed by atoms with E-state index < -0.39 is 10.0 Å². The van der Waals surface area contributed by atoms with E-state index in [0.29, 0.717) is 5.02 Å². The summed E-state index contributed by atoms with van der Waals surface area (Å²) >= 11 is 11.5. The normalized spacial score (nSPS) is 15.1. The van der Waals surface area contributed by atoms with Gasteiger partial charge < -0.3 is 5.32 Å². The van der Waals surface area contributed by atoms with Crippen molar-refractivity contribution in [3.63, 3.8) is 0 Å². The zero-order chi connectivity index (χ0) is 14.8. The fourth-order valence-corrected chi connectivity index (χ4v) is 3.01. The molecule has 8 heteroatoms. The minimum absolute atomic E-state index is 0.0151. The van der Waals surface area contributed by atoms with Gasteiger partial charge in [-0.1, -0.05) is 23.2 Å². The summed E-state index contributed by atoms with van der Waals surface area (Å²) in [5, 5.41) is 3.15. The summed E-state index contributed by atoms with van der Waals surface area (Å²) in [6.45, 7) is 0.386. The third-order valence-electron chi connectivity index (χ3n) is 2.87. The van der Waals surface area contributed by atoms with Crippen LogP contribution in [0.4, 0.5) is 0 Å². The molecule has 1 aromatic carbocycles. The first-order valence-corrected chi connectivity index (χ1v) is 8.36. The van der Waals surface area contributed by atoms with Gasteiger partial charge in [0.2, 0.25) is 15.9 Å². The van der Waals surface area contributed by atoms with Crippen LogP contribution in [-0.2, 0) is 14.8 Å². The van der Waals surface area contributed by atoms with Gasteiger partial charge in [-0.3, -0.25) is 4.79 Å². The molecule has 0 aromatic heterocycles. The number of halogens is 2. The Morgan fingerprint density at radius 1 is 1.20 bits per heavy atom. The standard InChI is InChI=1S/C12H14Cl2N2O3S/c13-10-4-3-9(7-11(10)14)20(18,19)16-6-5-15-12(17)8-1-2-8/h3-4,7-8,16H,1-2,5-6H2,(H,15,17). The third-order valence-corrected chi connectivity index (χ3v) is 5.06. The lowest BCUT2D eigenvalue weighted by molar-refractivity contribution is -0.122. The number of carbonyl (C=O) groups is 1. The highest BCUT2D eigenvalue weighted by Gasteiger charge is 2.29. The Labute approximate surface area is 127 Å². The molecule has 1 aliphatic carbocycles. The van der Waals surface area contributed by atoms with E-state index in [1.165, 1.54) is 18.2 Å². The fraction of sp³-hybridized carbons (Fsp3) is 0.417. The minimum Gasteiger partial charge on any atom is -0.355 e. The number of amides is 1. The van der Waals surface area contributed by atoms with Gasteiger partial charge in [0.1, 0.15) is 0 Å². The van der Waals surface area contributed by atoms with Crippen molar-refractivity contribution in [2.75, 3.05) is 13.1 Å². The maximum atomic E-state index is 12.0. The molecule has 0 unspecified atom stereocenters. The van der Waals surface area contributed by atoms with Crippen LogP contribution in [0, 0.1) is 5.92 Å². The zero-order valence-electron chi connectivity index (χ0n) is 10.5. The van der Waals surface area contributed by atoms with Crippen LogP contribution in [-0.4, -0.2) is 27.4 Å². The second kappa shape index (κ2) is 6.30. The monoisotopic (exact) mass is 336 g/mol. The lowest BCUT2D eigenvalue weighted by Crippen LogP contribution is -2.35. The van der Waals surface area contributed by atoms with E-state index in [2.05, 4.69) is 10.0 Å². The first-order valence-electron chi connectivity index (χ1n) is 6.12. The molecule has 1 amide bonds. The molecule has 2 rings (SSSR count). The highest BCUT2D eigenvalue weighted by Crippen LogP contribution is 2.28. The van der Waals surface area contributed by atoms with Crippen molar-refractivity contribution in [3.8, 4) is 0 Å². The molecule has 110 valence electrons. The first kappa shape index (κ1) is 15.6. The molecule has 20 heavy (non-hydrogen) atoms. The average molecular weight is 337 g/mol. The van der Waals surface area contributed by atoms with Crippen LogP contribution in [0.1, 0.15) is 12.8 Å². The van der Waals surface area contributed by atoms with Crippen molar-refractivity contribution in [3.05, 3.63) is 28.2 Å². The van der Waals surface area contributed by atoms with E-state index in [1.54, 1.807) is 0 Å². The molecular formula is C12H14Cl2N2O3S. The summed E-state index contributed by atoms with van der Waals surface area (Å²) < 4.78 is 26.3. The molecule has 1 aliphatic rings. The number of nitrogens with one attached hydrogen (secondary N) is 2. The van der Waals surface area contributed by atoms with Gasteiger partial charge in [0.15, 0.2) is 0 Å². The SMILES string of the molecule is O=C(NCCNS(=O)(=O)c1ccc(Cl)c(Cl)c1)C1CC1. The van der Waals surface area contributed by atoms with Crippen molar-refractivity contribution in [1.82, 2.24) is 10.0 Å². The summed E-state index contributed by atoms with van der Waals surface area (Å²) in [6, 6.07) is 4.08. The summed E-state index contributed by atoms with van der Waals surface area (Å²) in [5.74, 6) is 0.0976. The van der Waals surface area contributed by atoms with E-state index in [0.717, 1.165) is 12.8 Å². The van der Waals surface area contributed by atoms with Gasteiger partial charge in [-0.15, -0.1) is 0 Å². The van der Waals surface area contributed by atoms with Gasteiger partial charge in [0.25, 0.3) is 0 Å². The molecular weight excluding hydrogens is 323 g/mol. The van der Waals surface area contributed by atoms with Crippen LogP contribution < -0.4 is 10.0 Å². The maximum Gasteiger partial charge on any atom is 0.240 e. The summed E-state index contributed by atoms with van der Waals surface area (Å²) in [5.41, 5.74) is 0. The minimum atomic E-state index is -3.65. The smallest absolute Gasteiger partial charge is 0.240 e. The van der Waals surface area contributed by atoms with Crippen LogP contribution >= 0.6 is 23.2 Å². The molecule has 5 nitrogen and oxygen atoms in total. The Hall–Kier alpha value is -0.820. The largest absolute Gasteiger partial charge is 0.355 e. The quantitative estimate of drug-likeness (QED) is 0.777. The zero-order valence-corrected chi connectivity index (χ0v) is 12.9. The van der Waals surface area contributed by atoms with E-state index in [1.807, 2.05) is 0 Å². The van der Waals surface area contributed by atoms with Crippen molar-refractivity contribution in [2.24, 2.45) is 5.92 Å². The third kappa shape index (κ3) is 4.09. The molecule has 0 heterocycles. The molecule has 0 saturated heterocycles. The van der Waals surface area contributed by atoms with Crippen LogP contribution in [0.15, 0.2) is 23.1 Å². The number of hydrogen-bond acceptors (Lipinski definition) is 3. The maximum absolute atomic E-state index is 12.0. The summed E-state index contributed by atoms with van der Waals surface area (Å²) in [7, 11) is -3.65. The topological polar surface area (TPSA) is 75.3 Å². The van der Waals surface area contributed by atoms with E-state index in [9.17, 15) is 13.2 Å². The van der Waals surface area contributed by atoms with Crippen LogP contribution in [0.2, 0.25) is 10.0 Å². The van der Waals surface area contributed by atoms with Crippen LogP contribution in [0.25, 0.3) is 0 Å². The Balaban J connectivity index is 1.86. The molecule has 0 atom stereocenters. The predicted molar refractivity (Wildman–Crippen MR) is 77.4 cm³/mol. The Kier molecular flexibility index (Phi) is 4.90. The van der Waals surface area contributed by atoms with E-state index in [4.69, 9.17) is 23.2 Å². The molecule has 1 fully saturated rings. The molecule has 1 saturated carbocycles. The molecule has 2 N–H and O–H groups in total. The molecule has 1 aromatic rings. The lowest BCUT2D eigenvalue weighted by atomic mass is 10.4. The van der Waals surface area contributed by atoms with Gasteiger partial charge in [-0.2, -0.15) is 0 Å². The number of carbonyl (C=O) groups excluding carboxylic acids is 1. The van der Waals surface area contributed by atoms with Crippen molar-refractivity contribution in [1.29, 1.82) is 0 Å². The van der Waals surface area contributed by atoms with Gasteiger partial charge in [0.05, 0.1) is 14.9 Å². The number of sulfonamides is 1. The van der Waals surface area contributed by atoms with Crippen LogP contribution in [0.5, 0.6) is 0 Å². The van der Waals surface area contributed by atoms with Crippen molar-refractivity contribution in [2.45, 2.75) is 17.7 Å². The average Bonchev–Trinajstić information content (AvgIpc) is 3.22. The first-order chi connectivity index (χ1) is 9.40. The van der Waals surface area contributed by atoms with Gasteiger partial charge >= 0.3 is 0 Å².